The third kappa shape index (κ3) is 16.9. The first-order chi connectivity index (χ1) is 30.7. The summed E-state index contributed by atoms with van der Waals surface area (Å²) in [5.74, 6) is -0.578. The fraction of sp³-hybridized carbons (Fsp3) is 0.625. The number of carboxylic acid groups (broad SMARTS) is 1. The number of aliphatic carboxylic acids is 1. The summed E-state index contributed by atoms with van der Waals surface area (Å²) in [4.78, 5) is 69.4. The van der Waals surface area contributed by atoms with Crippen LogP contribution in [0.4, 0.5) is 0 Å². The molecule has 0 radical (unpaired) electrons. The monoisotopic (exact) mass is 885 g/mol. The lowest BCUT2D eigenvalue weighted by Gasteiger charge is -2.23. The molecule has 16 nitrogen and oxygen atoms in total. The molecule has 348 valence electrons. The van der Waals surface area contributed by atoms with E-state index < -0.39 is 11.6 Å². The van der Waals surface area contributed by atoms with E-state index in [1.54, 1.807) is 26.5 Å². The van der Waals surface area contributed by atoms with Crippen LogP contribution in [0.2, 0.25) is 0 Å². The quantitative estimate of drug-likeness (QED) is 0.0821. The van der Waals surface area contributed by atoms with Crippen molar-refractivity contribution in [3.63, 3.8) is 0 Å². The zero-order chi connectivity index (χ0) is 45.9. The molecule has 6 rings (SSSR count). The van der Waals surface area contributed by atoms with Gasteiger partial charge < -0.3 is 28.7 Å². The van der Waals surface area contributed by atoms with Crippen LogP contribution in [0.25, 0.3) is 0 Å². The van der Waals surface area contributed by atoms with E-state index in [0.29, 0.717) is 25.4 Å². The SMILES string of the molecule is CN(Cc1ccccn1)C(=O)c1noc([C@H](CCCC2CCCCC2)CC(=O)O)n1.CN(Cc1ccccn1)C(=O)c1noc([C@H](CCCC2CCCCC2)CC(=O)OC(C)(C)C)n1. The fourth-order valence-electron chi connectivity index (χ4n) is 8.61. The Morgan fingerprint density at radius 2 is 1.12 bits per heavy atom. The molecule has 0 unspecified atom stereocenters. The van der Waals surface area contributed by atoms with Crippen molar-refractivity contribution in [2.24, 2.45) is 11.8 Å². The minimum Gasteiger partial charge on any atom is -0.481 e. The van der Waals surface area contributed by atoms with Crippen LogP contribution in [0.15, 0.2) is 57.8 Å². The highest BCUT2D eigenvalue weighted by Gasteiger charge is 2.29. The Morgan fingerprint density at radius 1 is 0.688 bits per heavy atom. The molecule has 2 amide bonds. The molecule has 16 heteroatoms. The molecule has 2 aliphatic carbocycles. The number of hydrogen-bond donors (Lipinski definition) is 1. The second-order valence-corrected chi connectivity index (χ2v) is 18.5. The van der Waals surface area contributed by atoms with Crippen molar-refractivity contribution in [3.8, 4) is 0 Å². The molecule has 1 N–H and O–H groups in total. The van der Waals surface area contributed by atoms with Gasteiger partial charge in [0.2, 0.25) is 11.8 Å². The summed E-state index contributed by atoms with van der Waals surface area (Å²) in [7, 11) is 3.32. The minimum atomic E-state index is -0.906. The first-order valence-electron chi connectivity index (χ1n) is 23.2. The maximum atomic E-state index is 12.8. The van der Waals surface area contributed by atoms with Crippen molar-refractivity contribution in [2.75, 3.05) is 14.1 Å². The van der Waals surface area contributed by atoms with Gasteiger partial charge in [0.25, 0.3) is 23.5 Å². The Bertz CT molecular complexity index is 2020. The smallest absolute Gasteiger partial charge is 0.307 e. The second kappa shape index (κ2) is 25.1. The summed E-state index contributed by atoms with van der Waals surface area (Å²) < 4.78 is 16.3. The lowest BCUT2D eigenvalue weighted by atomic mass is 9.84. The molecule has 0 aliphatic heterocycles. The number of carbonyl (C=O) groups excluding carboxylic acids is 3. The van der Waals surface area contributed by atoms with E-state index in [0.717, 1.165) is 55.3 Å². The zero-order valence-corrected chi connectivity index (χ0v) is 38.5. The highest BCUT2D eigenvalue weighted by atomic mass is 16.6. The Hall–Kier alpha value is -5.54. The number of carboxylic acids is 1. The molecule has 0 spiro atoms. The number of ether oxygens (including phenoxy) is 1. The second-order valence-electron chi connectivity index (χ2n) is 18.5. The van der Waals surface area contributed by atoms with Gasteiger partial charge in [-0.1, -0.05) is 112 Å². The van der Waals surface area contributed by atoms with Gasteiger partial charge in [0.15, 0.2) is 0 Å². The Balaban J connectivity index is 0.000000243. The number of aromatic nitrogens is 6. The van der Waals surface area contributed by atoms with Crippen LogP contribution < -0.4 is 0 Å². The Kier molecular flexibility index (Phi) is 19.4. The van der Waals surface area contributed by atoms with Crippen molar-refractivity contribution in [1.29, 1.82) is 0 Å². The lowest BCUT2D eigenvalue weighted by Crippen LogP contribution is -2.27. The summed E-state index contributed by atoms with van der Waals surface area (Å²) in [6.45, 7) is 6.22. The maximum absolute atomic E-state index is 12.8. The van der Waals surface area contributed by atoms with E-state index in [1.165, 1.54) is 74.0 Å². The van der Waals surface area contributed by atoms with Crippen LogP contribution in [-0.4, -0.2) is 88.6 Å². The van der Waals surface area contributed by atoms with Crippen LogP contribution in [-0.2, 0) is 27.4 Å². The van der Waals surface area contributed by atoms with E-state index >= 15 is 0 Å². The van der Waals surface area contributed by atoms with Crippen molar-refractivity contribution < 1.29 is 38.1 Å². The van der Waals surface area contributed by atoms with E-state index in [2.05, 4.69) is 30.2 Å². The molecule has 2 saturated carbocycles. The zero-order valence-electron chi connectivity index (χ0n) is 38.5. The Labute approximate surface area is 377 Å². The van der Waals surface area contributed by atoms with Crippen molar-refractivity contribution in [3.05, 3.63) is 83.6 Å². The molecular weight excluding hydrogens is 817 g/mol. The molecule has 0 aromatic carbocycles. The van der Waals surface area contributed by atoms with Crippen LogP contribution in [0.3, 0.4) is 0 Å². The van der Waals surface area contributed by atoms with E-state index in [9.17, 15) is 24.3 Å². The number of rotatable bonds is 20. The average Bonchev–Trinajstić information content (AvgIpc) is 3.98. The van der Waals surface area contributed by atoms with Crippen molar-refractivity contribution >= 4 is 23.8 Å². The summed E-state index contributed by atoms with van der Waals surface area (Å²) in [6.07, 6.45) is 22.0. The topological polar surface area (TPSA) is 208 Å². The van der Waals surface area contributed by atoms with Gasteiger partial charge >= 0.3 is 11.9 Å². The number of esters is 1. The molecule has 2 fully saturated rings. The van der Waals surface area contributed by atoms with Crippen molar-refractivity contribution in [2.45, 2.75) is 167 Å². The lowest BCUT2D eigenvalue weighted by molar-refractivity contribution is -0.155. The molecule has 0 saturated heterocycles. The summed E-state index contributed by atoms with van der Waals surface area (Å²) in [6, 6.07) is 11.1. The number of hydrogen-bond acceptors (Lipinski definition) is 13. The standard InChI is InChI=1S/C26H38N4O4.C22H30N4O4/c1-26(2,3)33-22(31)17-20(14-10-13-19-11-6-5-7-12-19)24-28-23(29-34-24)25(32)30(4)18-21-15-8-9-16-27-21;1-26(15-18-12-5-6-13-23-18)22(29)20-24-21(30-25-20)17(14-19(27)28)11-7-10-16-8-3-2-4-9-16/h8-9,15-16,19-20H,5-7,10-14,17-18H2,1-4H3;5-6,12-13,16-17H,2-4,7-11,14-15H2,1H3,(H,27,28)/t20-;17-/m11/s1. The molecule has 2 atom stereocenters. The van der Waals surface area contributed by atoms with Crippen LogP contribution in [0, 0.1) is 11.8 Å². The van der Waals surface area contributed by atoms with Crippen molar-refractivity contribution in [1.82, 2.24) is 40.0 Å². The van der Waals surface area contributed by atoms with Crippen LogP contribution >= 0.6 is 0 Å². The summed E-state index contributed by atoms with van der Waals surface area (Å²) in [5.41, 5.74) is 0.963. The third-order valence-corrected chi connectivity index (χ3v) is 11.9. The van der Waals surface area contributed by atoms with Crippen LogP contribution in [0.1, 0.15) is 193 Å². The molecule has 0 bridgehead atoms. The van der Waals surface area contributed by atoms with Gasteiger partial charge in [0, 0.05) is 38.3 Å². The van der Waals surface area contributed by atoms with Gasteiger partial charge in [-0.05, 0) is 69.7 Å². The number of carbonyl (C=O) groups is 4. The molecule has 2 aliphatic rings. The molecule has 4 aromatic rings. The molecule has 64 heavy (non-hydrogen) atoms. The first kappa shape index (κ1) is 49.5. The minimum absolute atomic E-state index is 0.00472. The number of nitrogens with zero attached hydrogens (tertiary/aromatic N) is 8. The number of pyridine rings is 2. The average molecular weight is 885 g/mol. The largest absolute Gasteiger partial charge is 0.481 e. The normalized spacial score (nSPS) is 15.6. The van der Waals surface area contributed by atoms with Gasteiger partial charge in [-0.3, -0.25) is 29.1 Å². The van der Waals surface area contributed by atoms with E-state index in [1.807, 2.05) is 57.2 Å². The molecule has 4 aromatic heterocycles. The van der Waals surface area contributed by atoms with Gasteiger partial charge in [0.05, 0.1) is 37.3 Å². The predicted octanol–water partition coefficient (Wildman–Crippen LogP) is 9.35. The van der Waals surface area contributed by atoms with Gasteiger partial charge in [-0.15, -0.1) is 0 Å². The first-order valence-corrected chi connectivity index (χ1v) is 23.2. The third-order valence-electron chi connectivity index (χ3n) is 11.9. The molecule has 4 heterocycles. The summed E-state index contributed by atoms with van der Waals surface area (Å²) in [5, 5.41) is 17.0. The molecular formula is C48H68N8O8. The highest BCUT2D eigenvalue weighted by molar-refractivity contribution is 5.90. The van der Waals surface area contributed by atoms with Gasteiger partial charge in [-0.25, -0.2) is 0 Å². The van der Waals surface area contributed by atoms with E-state index in [4.69, 9.17) is 13.8 Å². The maximum Gasteiger partial charge on any atom is 0.307 e. The summed E-state index contributed by atoms with van der Waals surface area (Å²) >= 11 is 0. The van der Waals surface area contributed by atoms with Crippen LogP contribution in [0.5, 0.6) is 0 Å². The van der Waals surface area contributed by atoms with Gasteiger partial charge in [-0.2, -0.15) is 9.97 Å². The van der Waals surface area contributed by atoms with E-state index in [-0.39, 0.29) is 60.0 Å². The highest BCUT2D eigenvalue weighted by Crippen LogP contribution is 2.33. The fourth-order valence-corrected chi connectivity index (χ4v) is 8.61. The number of amides is 2. The Morgan fingerprint density at radius 3 is 1.52 bits per heavy atom. The predicted molar refractivity (Wildman–Crippen MR) is 238 cm³/mol. The van der Waals surface area contributed by atoms with Gasteiger partial charge in [0.1, 0.15) is 5.60 Å².